The molecule has 168 valence electrons. The highest BCUT2D eigenvalue weighted by molar-refractivity contribution is 6.00. The fourth-order valence-corrected chi connectivity index (χ4v) is 3.54. The summed E-state index contributed by atoms with van der Waals surface area (Å²) in [6.07, 6.45) is 9.29. The molecule has 0 atom stereocenters. The first-order valence-electron chi connectivity index (χ1n) is 11.3. The molecule has 0 aliphatic rings. The number of hydrogen-bond donors (Lipinski definition) is 0. The lowest BCUT2D eigenvalue weighted by atomic mass is 10.0. The topological polar surface area (TPSA) is 40.0 Å². The van der Waals surface area contributed by atoms with E-state index in [2.05, 4.69) is 62.3 Å². The first kappa shape index (κ1) is 24.5. The van der Waals surface area contributed by atoms with Crippen molar-refractivity contribution in [2.45, 2.75) is 59.8 Å². The van der Waals surface area contributed by atoms with Gasteiger partial charge in [-0.3, -0.25) is 0 Å². The van der Waals surface area contributed by atoms with Gasteiger partial charge >= 0.3 is 0 Å². The van der Waals surface area contributed by atoms with Crippen LogP contribution in [0.5, 0.6) is 11.5 Å². The van der Waals surface area contributed by atoms with Crippen molar-refractivity contribution < 1.29 is 14.3 Å². The highest BCUT2D eigenvalue weighted by atomic mass is 16.6. The molecule has 0 fully saturated rings. The van der Waals surface area contributed by atoms with Gasteiger partial charge < -0.3 is 14.3 Å². The van der Waals surface area contributed by atoms with E-state index in [0.29, 0.717) is 6.61 Å². The molecule has 0 heterocycles. The van der Waals surface area contributed by atoms with Crippen molar-refractivity contribution in [2.24, 2.45) is 5.16 Å². The normalized spacial score (nSPS) is 11.7. The lowest BCUT2D eigenvalue weighted by Crippen LogP contribution is -2.02. The molecule has 2 aromatic rings. The molecule has 4 nitrogen and oxygen atoms in total. The van der Waals surface area contributed by atoms with Crippen LogP contribution >= 0.6 is 0 Å². The van der Waals surface area contributed by atoms with E-state index >= 15 is 0 Å². The highest BCUT2D eigenvalue weighted by Crippen LogP contribution is 2.28. The maximum absolute atomic E-state index is 6.08. The molecule has 0 spiro atoms. The SMILES string of the molecule is C/C=C/COc1cc(C)c(OCCCCCc2ccc(C(CC)=NOC)cc2)c(C)c1. The van der Waals surface area contributed by atoms with Crippen LogP contribution in [0.4, 0.5) is 0 Å². The van der Waals surface area contributed by atoms with Gasteiger partial charge in [-0.25, -0.2) is 0 Å². The third-order valence-corrected chi connectivity index (χ3v) is 5.20. The number of nitrogens with zero attached hydrogens (tertiary/aromatic N) is 1. The van der Waals surface area contributed by atoms with E-state index in [-0.39, 0.29) is 0 Å². The van der Waals surface area contributed by atoms with E-state index < -0.39 is 0 Å². The van der Waals surface area contributed by atoms with Crippen LogP contribution < -0.4 is 9.47 Å². The van der Waals surface area contributed by atoms with Gasteiger partial charge in [0.15, 0.2) is 0 Å². The van der Waals surface area contributed by atoms with Gasteiger partial charge in [0.25, 0.3) is 0 Å². The minimum absolute atomic E-state index is 0.596. The van der Waals surface area contributed by atoms with Gasteiger partial charge in [0.05, 0.1) is 12.3 Å². The number of aryl methyl sites for hydroxylation is 3. The molecule has 0 unspecified atom stereocenters. The van der Waals surface area contributed by atoms with Gasteiger partial charge in [-0.1, -0.05) is 48.5 Å². The van der Waals surface area contributed by atoms with Crippen LogP contribution in [-0.4, -0.2) is 26.0 Å². The highest BCUT2D eigenvalue weighted by Gasteiger charge is 2.07. The molecule has 2 rings (SSSR count). The molecule has 0 aromatic heterocycles. The van der Waals surface area contributed by atoms with Crippen LogP contribution in [0.25, 0.3) is 0 Å². The molecule has 4 heteroatoms. The Labute approximate surface area is 187 Å². The molecule has 0 saturated heterocycles. The van der Waals surface area contributed by atoms with Crippen LogP contribution in [0.15, 0.2) is 53.7 Å². The summed E-state index contributed by atoms with van der Waals surface area (Å²) < 4.78 is 11.8. The van der Waals surface area contributed by atoms with Gasteiger partial charge in [0.1, 0.15) is 25.2 Å². The third-order valence-electron chi connectivity index (χ3n) is 5.20. The maximum atomic E-state index is 6.08. The van der Waals surface area contributed by atoms with E-state index in [1.54, 1.807) is 7.11 Å². The van der Waals surface area contributed by atoms with E-state index in [1.165, 1.54) is 5.56 Å². The second-order valence-corrected chi connectivity index (χ2v) is 7.70. The summed E-state index contributed by atoms with van der Waals surface area (Å²) in [7, 11) is 1.59. The molecule has 0 radical (unpaired) electrons. The van der Waals surface area contributed by atoms with Gasteiger partial charge in [0.2, 0.25) is 0 Å². The summed E-state index contributed by atoms with van der Waals surface area (Å²) in [5.74, 6) is 1.88. The quantitative estimate of drug-likeness (QED) is 0.154. The third kappa shape index (κ3) is 8.12. The second kappa shape index (κ2) is 13.5. The number of benzene rings is 2. The standard InChI is InChI=1S/C27H37NO3/c1-6-8-17-30-25-19-21(3)27(22(4)20-25)31-18-11-9-10-12-23-13-15-24(16-14-23)26(7-2)28-29-5/h6,8,13-16,19-20H,7,9-12,17-18H2,1-5H3/b8-6+,28-26?. The van der Waals surface area contributed by atoms with Crippen LogP contribution in [0.2, 0.25) is 0 Å². The van der Waals surface area contributed by atoms with Gasteiger partial charge in [0, 0.05) is 0 Å². The molecular weight excluding hydrogens is 386 g/mol. The largest absolute Gasteiger partial charge is 0.493 e. The Morgan fingerprint density at radius 2 is 1.68 bits per heavy atom. The lowest BCUT2D eigenvalue weighted by Gasteiger charge is -2.14. The summed E-state index contributed by atoms with van der Waals surface area (Å²) in [5.41, 5.74) is 5.72. The van der Waals surface area contributed by atoms with Crippen molar-refractivity contribution in [3.63, 3.8) is 0 Å². The first-order chi connectivity index (χ1) is 15.1. The molecule has 0 amide bonds. The van der Waals surface area contributed by atoms with Gasteiger partial charge in [-0.05, 0) is 87.3 Å². The Hall–Kier alpha value is -2.75. The smallest absolute Gasteiger partial charge is 0.125 e. The average molecular weight is 424 g/mol. The Morgan fingerprint density at radius 3 is 2.29 bits per heavy atom. The zero-order chi connectivity index (χ0) is 22.5. The number of oxime groups is 1. The van der Waals surface area contributed by atoms with Crippen molar-refractivity contribution >= 4 is 5.71 Å². The Balaban J connectivity index is 1.73. The van der Waals surface area contributed by atoms with E-state index in [9.17, 15) is 0 Å². The fourth-order valence-electron chi connectivity index (χ4n) is 3.54. The van der Waals surface area contributed by atoms with Crippen LogP contribution in [0.1, 0.15) is 61.8 Å². The summed E-state index contributed by atoms with van der Waals surface area (Å²) in [6.45, 7) is 9.58. The van der Waals surface area contributed by atoms with Crippen molar-refractivity contribution in [2.75, 3.05) is 20.3 Å². The summed E-state index contributed by atoms with van der Waals surface area (Å²) in [5, 5.41) is 4.09. The summed E-state index contributed by atoms with van der Waals surface area (Å²) >= 11 is 0. The Morgan fingerprint density at radius 1 is 0.968 bits per heavy atom. The van der Waals surface area contributed by atoms with Crippen molar-refractivity contribution in [1.29, 1.82) is 0 Å². The molecular formula is C27H37NO3. The van der Waals surface area contributed by atoms with Crippen molar-refractivity contribution in [3.8, 4) is 11.5 Å². The molecule has 31 heavy (non-hydrogen) atoms. The van der Waals surface area contributed by atoms with E-state index in [4.69, 9.17) is 14.3 Å². The minimum Gasteiger partial charge on any atom is -0.493 e. The number of allylic oxidation sites excluding steroid dienone is 1. The fraction of sp³-hybridized carbons (Fsp3) is 0.444. The minimum atomic E-state index is 0.596. The van der Waals surface area contributed by atoms with Gasteiger partial charge in [-0.2, -0.15) is 0 Å². The number of unbranched alkanes of at least 4 members (excludes halogenated alkanes) is 2. The second-order valence-electron chi connectivity index (χ2n) is 7.70. The van der Waals surface area contributed by atoms with Crippen molar-refractivity contribution in [1.82, 2.24) is 0 Å². The monoisotopic (exact) mass is 423 g/mol. The van der Waals surface area contributed by atoms with Gasteiger partial charge in [-0.15, -0.1) is 0 Å². The molecule has 0 aliphatic carbocycles. The lowest BCUT2D eigenvalue weighted by molar-refractivity contribution is 0.213. The zero-order valence-corrected chi connectivity index (χ0v) is 19.7. The number of hydrogen-bond acceptors (Lipinski definition) is 4. The van der Waals surface area contributed by atoms with E-state index in [1.807, 2.05) is 19.1 Å². The molecule has 0 aliphatic heterocycles. The predicted octanol–water partition coefficient (Wildman–Crippen LogP) is 6.81. The van der Waals surface area contributed by atoms with E-state index in [0.717, 1.165) is 72.6 Å². The van der Waals surface area contributed by atoms with Crippen molar-refractivity contribution in [3.05, 3.63) is 70.8 Å². The summed E-state index contributed by atoms with van der Waals surface area (Å²) in [6, 6.07) is 12.8. The average Bonchev–Trinajstić information content (AvgIpc) is 2.76. The first-order valence-corrected chi connectivity index (χ1v) is 11.3. The zero-order valence-electron chi connectivity index (χ0n) is 19.7. The molecule has 0 N–H and O–H groups in total. The Bertz CT molecular complexity index is 830. The Kier molecular flexibility index (Phi) is 10.7. The predicted molar refractivity (Wildman–Crippen MR) is 130 cm³/mol. The van der Waals surface area contributed by atoms with Crippen LogP contribution in [0, 0.1) is 13.8 Å². The van der Waals surface area contributed by atoms with Crippen LogP contribution in [0.3, 0.4) is 0 Å². The number of ether oxygens (including phenoxy) is 2. The molecule has 2 aromatic carbocycles. The summed E-state index contributed by atoms with van der Waals surface area (Å²) in [4.78, 5) is 4.92. The number of rotatable bonds is 13. The van der Waals surface area contributed by atoms with Crippen LogP contribution in [-0.2, 0) is 11.3 Å². The maximum Gasteiger partial charge on any atom is 0.125 e. The molecule has 0 saturated carbocycles. The molecule has 0 bridgehead atoms.